The largest absolute Gasteiger partial charge is 0.312 e. The molecule has 0 heterocycles. The van der Waals surface area contributed by atoms with Gasteiger partial charge < -0.3 is 5.73 Å². The zero-order valence-electron chi connectivity index (χ0n) is 2.23. The molecule has 3 heteroatoms. The molecule has 0 spiro atoms. The van der Waals surface area contributed by atoms with Crippen molar-refractivity contribution < 1.29 is 0 Å². The predicted octanol–water partition coefficient (Wildman–Crippen LogP) is 0.229. The average Bonchev–Trinajstić information content (AvgIpc) is 1.37. The van der Waals surface area contributed by atoms with Crippen LogP contribution in [0.1, 0.15) is 0 Å². The molecule has 0 bridgehead atoms. The van der Waals surface area contributed by atoms with Crippen molar-refractivity contribution in [2.24, 2.45) is 10.5 Å². The molecule has 0 aromatic carbocycles. The van der Waals surface area contributed by atoms with E-state index in [1.165, 1.54) is 0 Å². The molecule has 0 aromatic heterocycles. The molecule has 0 amide bonds. The molecule has 0 fully saturated rings. The van der Waals surface area contributed by atoms with Gasteiger partial charge in [-0.25, -0.2) is 0 Å². The molecule has 0 saturated heterocycles. The van der Waals surface area contributed by atoms with Crippen molar-refractivity contribution in [2.45, 2.75) is 0 Å². The van der Waals surface area contributed by atoms with Crippen LogP contribution in [0.25, 0.3) is 0 Å². The molecular weight excluding hydrogens is 71.0 g/mol. The molecule has 0 radical (unpaired) electrons. The average molecular weight is 76.0 g/mol. The van der Waals surface area contributed by atoms with E-state index in [4.69, 9.17) is 5.73 Å². The highest BCUT2D eigenvalue weighted by molar-refractivity contribution is 7.03. The molecule has 0 aliphatic carbocycles. The Balaban J connectivity index is 2.30. The minimum Gasteiger partial charge on any atom is -0.312 e. The molecule has 0 aromatic rings. The Morgan fingerprint density at radius 1 is 2.00 bits per heavy atom. The first-order valence-corrected chi connectivity index (χ1v) is 1.40. The third-order valence-electron chi connectivity index (χ3n) is 0.0913. The summed E-state index contributed by atoms with van der Waals surface area (Å²) in [5.74, 6) is 0. The van der Waals surface area contributed by atoms with Gasteiger partial charge in [0.05, 0.1) is 6.67 Å². The van der Waals surface area contributed by atoms with Crippen LogP contribution in [0.5, 0.6) is 0 Å². The fraction of sp³-hybridized carbons (Fsp3) is 1.00. The van der Waals surface area contributed by atoms with E-state index in [-0.39, 0.29) is 0 Å². The Morgan fingerprint density at radius 2 is 2.25 bits per heavy atom. The Hall–Kier alpha value is 0.0600. The monoisotopic (exact) mass is 76.0 g/mol. The van der Waals surface area contributed by atoms with Gasteiger partial charge in [-0.1, -0.05) is 0 Å². The lowest BCUT2D eigenvalue weighted by Crippen LogP contribution is -1.89. The topological polar surface area (TPSA) is 38.4 Å². The Kier molecular flexibility index (Phi) is 3.11. The van der Waals surface area contributed by atoms with Gasteiger partial charge in [-0.3, -0.25) is 4.74 Å². The van der Waals surface area contributed by atoms with E-state index in [0.717, 1.165) is 0 Å². The summed E-state index contributed by atoms with van der Waals surface area (Å²) < 4.78 is 3.32. The first kappa shape index (κ1) is 4.06. The second-order valence-corrected chi connectivity index (χ2v) is 0.657. The summed E-state index contributed by atoms with van der Waals surface area (Å²) in [4.78, 5) is 0. The number of hydrogen-bond acceptors (Lipinski definition) is 2. The lowest BCUT2D eigenvalue weighted by Gasteiger charge is -1.62. The van der Waals surface area contributed by atoms with Crippen LogP contribution in [0.15, 0.2) is 4.74 Å². The van der Waals surface area contributed by atoms with Gasteiger partial charge in [0, 0.05) is 0 Å². The zero-order chi connectivity index (χ0) is 3.41. The van der Waals surface area contributed by atoms with Crippen LogP contribution >= 0.6 is 9.03 Å². The molecule has 2 N–H and O–H groups in total. The van der Waals surface area contributed by atoms with E-state index in [2.05, 4.69) is 13.8 Å². The van der Waals surface area contributed by atoms with Gasteiger partial charge in [0.25, 0.3) is 0 Å². The SMILES string of the molecule is NCN=P. The summed E-state index contributed by atoms with van der Waals surface area (Å²) in [7, 11) is 2.79. The molecule has 4 heavy (non-hydrogen) atoms. The van der Waals surface area contributed by atoms with Crippen molar-refractivity contribution in [3.63, 3.8) is 0 Å². The predicted molar refractivity (Wildman–Crippen MR) is 19.8 cm³/mol. The maximum atomic E-state index is 4.81. The van der Waals surface area contributed by atoms with Gasteiger partial charge in [0.15, 0.2) is 0 Å². The fourth-order valence-corrected chi connectivity index (χ4v) is 0. The molecule has 0 unspecified atom stereocenters. The summed E-state index contributed by atoms with van der Waals surface area (Å²) >= 11 is 0. The van der Waals surface area contributed by atoms with Crippen LogP contribution < -0.4 is 5.73 Å². The van der Waals surface area contributed by atoms with Crippen LogP contribution in [0.4, 0.5) is 0 Å². The fourth-order valence-electron chi connectivity index (χ4n) is 0. The highest BCUT2D eigenvalue weighted by Crippen LogP contribution is 1.59. The second-order valence-electron chi connectivity index (χ2n) is 0.341. The van der Waals surface area contributed by atoms with Crippen molar-refractivity contribution in [1.82, 2.24) is 0 Å². The number of hydrogen-bond donors (Lipinski definition) is 1. The summed E-state index contributed by atoms with van der Waals surface area (Å²) in [5.41, 5.74) is 4.81. The van der Waals surface area contributed by atoms with E-state index in [1.54, 1.807) is 0 Å². The zero-order valence-corrected chi connectivity index (χ0v) is 3.23. The number of nitrogens with two attached hydrogens (primary N) is 1. The number of rotatable bonds is 1. The van der Waals surface area contributed by atoms with Crippen LogP contribution in [-0.2, 0) is 0 Å². The third kappa shape index (κ3) is 2.06. The van der Waals surface area contributed by atoms with Crippen LogP contribution in [0, 0.1) is 0 Å². The minimum atomic E-state index is 0.358. The second kappa shape index (κ2) is 3.06. The van der Waals surface area contributed by atoms with E-state index in [9.17, 15) is 0 Å². The summed E-state index contributed by atoms with van der Waals surface area (Å²) in [6.45, 7) is 0.358. The van der Waals surface area contributed by atoms with Crippen molar-refractivity contribution in [2.75, 3.05) is 6.67 Å². The third-order valence-corrected chi connectivity index (χ3v) is 0.274. The van der Waals surface area contributed by atoms with E-state index in [0.29, 0.717) is 6.67 Å². The highest BCUT2D eigenvalue weighted by atomic mass is 31.0. The smallest absolute Gasteiger partial charge is 0.0900 e. The van der Waals surface area contributed by atoms with Gasteiger partial charge in [-0.05, 0) is 9.03 Å². The van der Waals surface area contributed by atoms with Crippen molar-refractivity contribution in [3.05, 3.63) is 0 Å². The Labute approximate surface area is 27.3 Å². The van der Waals surface area contributed by atoms with Crippen LogP contribution in [0.2, 0.25) is 0 Å². The van der Waals surface area contributed by atoms with E-state index in [1.807, 2.05) is 0 Å². The van der Waals surface area contributed by atoms with E-state index >= 15 is 0 Å². The van der Waals surface area contributed by atoms with Gasteiger partial charge in [0.2, 0.25) is 0 Å². The minimum absolute atomic E-state index is 0.358. The normalized spacial score (nSPS) is 6.25. The van der Waals surface area contributed by atoms with E-state index < -0.39 is 0 Å². The molecule has 0 aliphatic rings. The molecule has 0 saturated carbocycles. The lowest BCUT2D eigenvalue weighted by atomic mass is 11.3. The summed E-state index contributed by atoms with van der Waals surface area (Å²) in [6.07, 6.45) is 0. The Bertz CT molecular complexity index is 20.0. The van der Waals surface area contributed by atoms with Crippen molar-refractivity contribution in [3.8, 4) is 0 Å². The number of nitrogens with zero attached hydrogens (tertiary/aromatic N) is 1. The highest BCUT2D eigenvalue weighted by Gasteiger charge is 1.42. The molecule has 0 rings (SSSR count). The van der Waals surface area contributed by atoms with Crippen LogP contribution in [-0.4, -0.2) is 6.67 Å². The van der Waals surface area contributed by atoms with Crippen molar-refractivity contribution in [1.29, 1.82) is 0 Å². The van der Waals surface area contributed by atoms with Crippen molar-refractivity contribution >= 4 is 9.03 Å². The van der Waals surface area contributed by atoms with Gasteiger partial charge >= 0.3 is 0 Å². The lowest BCUT2D eigenvalue weighted by molar-refractivity contribution is 1.10. The maximum Gasteiger partial charge on any atom is 0.0900 e. The standard InChI is InChI=1S/CH5N2P/c2-1-3-4/h4H,1-2H2. The quantitative estimate of drug-likeness (QED) is 0.446. The van der Waals surface area contributed by atoms with Gasteiger partial charge in [0.1, 0.15) is 0 Å². The summed E-state index contributed by atoms with van der Waals surface area (Å²) in [5, 5.41) is 0. The Morgan fingerprint density at radius 3 is 2.25 bits per heavy atom. The van der Waals surface area contributed by atoms with Gasteiger partial charge in [-0.15, -0.1) is 0 Å². The maximum absolute atomic E-state index is 4.81. The molecule has 2 nitrogen and oxygen atoms in total. The molecular formula is CH5N2P. The molecule has 0 atom stereocenters. The first-order chi connectivity index (χ1) is 1.91. The van der Waals surface area contributed by atoms with Gasteiger partial charge in [-0.2, -0.15) is 0 Å². The van der Waals surface area contributed by atoms with Crippen LogP contribution in [0.3, 0.4) is 0 Å². The first-order valence-electron chi connectivity index (χ1n) is 0.948. The molecule has 0 aliphatic heterocycles. The molecule has 24 valence electrons. The summed E-state index contributed by atoms with van der Waals surface area (Å²) in [6, 6.07) is 0.